The van der Waals surface area contributed by atoms with Crippen LogP contribution in [-0.2, 0) is 17.9 Å². The van der Waals surface area contributed by atoms with Gasteiger partial charge in [0.1, 0.15) is 5.69 Å². The molecule has 0 radical (unpaired) electrons. The molecule has 164 valence electrons. The van der Waals surface area contributed by atoms with Crippen molar-refractivity contribution in [2.24, 2.45) is 30.7 Å². The van der Waals surface area contributed by atoms with Crippen molar-refractivity contribution in [1.82, 2.24) is 4.98 Å². The third-order valence-electron chi connectivity index (χ3n) is 10.2. The SMILES string of the molecule is CCC(C)(c1ccccc1-c1cc(C23CC4CC(CC(C4)C2)C3)nc[n+]1C)C1CCC1. The van der Waals surface area contributed by atoms with Gasteiger partial charge in [-0.15, -0.1) is 0 Å². The summed E-state index contributed by atoms with van der Waals surface area (Å²) in [6, 6.07) is 11.8. The topological polar surface area (TPSA) is 16.8 Å². The highest BCUT2D eigenvalue weighted by atomic mass is 15.0. The van der Waals surface area contributed by atoms with Crippen LogP contribution in [-0.4, -0.2) is 4.98 Å². The zero-order valence-corrected chi connectivity index (χ0v) is 19.7. The van der Waals surface area contributed by atoms with Gasteiger partial charge in [0.15, 0.2) is 5.69 Å². The molecule has 5 aliphatic rings. The van der Waals surface area contributed by atoms with Gasteiger partial charge in [-0.3, -0.25) is 0 Å². The average Bonchev–Trinajstić information content (AvgIpc) is 2.71. The van der Waals surface area contributed by atoms with Gasteiger partial charge < -0.3 is 0 Å². The first-order valence-corrected chi connectivity index (χ1v) is 13.0. The van der Waals surface area contributed by atoms with Gasteiger partial charge in [-0.2, -0.15) is 0 Å². The fourth-order valence-electron chi connectivity index (χ4n) is 8.41. The Morgan fingerprint density at radius 1 is 1.03 bits per heavy atom. The summed E-state index contributed by atoms with van der Waals surface area (Å²) in [5.74, 6) is 3.70. The second-order valence-corrected chi connectivity index (χ2v) is 11.9. The smallest absolute Gasteiger partial charge is 0.233 e. The summed E-state index contributed by atoms with van der Waals surface area (Å²) in [7, 11) is 2.19. The minimum atomic E-state index is 0.270. The van der Waals surface area contributed by atoms with Crippen LogP contribution in [0, 0.1) is 23.7 Å². The summed E-state index contributed by atoms with van der Waals surface area (Å²) in [5.41, 5.74) is 6.39. The Kier molecular flexibility index (Phi) is 4.60. The van der Waals surface area contributed by atoms with Crippen molar-refractivity contribution in [1.29, 1.82) is 0 Å². The molecule has 1 unspecified atom stereocenters. The molecule has 1 heterocycles. The Labute approximate surface area is 188 Å². The zero-order valence-electron chi connectivity index (χ0n) is 19.7. The van der Waals surface area contributed by atoms with Crippen molar-refractivity contribution in [2.75, 3.05) is 0 Å². The van der Waals surface area contributed by atoms with E-state index in [1.807, 2.05) is 0 Å². The fourth-order valence-corrected chi connectivity index (χ4v) is 8.41. The first-order chi connectivity index (χ1) is 15.0. The van der Waals surface area contributed by atoms with E-state index in [0.717, 1.165) is 23.7 Å². The van der Waals surface area contributed by atoms with Gasteiger partial charge in [-0.25, -0.2) is 4.57 Å². The molecule has 5 aliphatic carbocycles. The highest BCUT2D eigenvalue weighted by Gasteiger charge is 2.54. The molecule has 31 heavy (non-hydrogen) atoms. The molecule has 1 aromatic heterocycles. The van der Waals surface area contributed by atoms with Crippen LogP contribution < -0.4 is 4.57 Å². The first-order valence-electron chi connectivity index (χ1n) is 13.0. The third-order valence-corrected chi connectivity index (χ3v) is 10.2. The summed E-state index contributed by atoms with van der Waals surface area (Å²) in [6.07, 6.45) is 16.1. The lowest BCUT2D eigenvalue weighted by atomic mass is 9.49. The van der Waals surface area contributed by atoms with Crippen molar-refractivity contribution < 1.29 is 4.57 Å². The summed E-state index contributed by atoms with van der Waals surface area (Å²) in [4.78, 5) is 5.09. The molecule has 0 amide bonds. The number of aromatic nitrogens is 2. The average molecular weight is 416 g/mol. The van der Waals surface area contributed by atoms with Crippen molar-refractivity contribution in [3.8, 4) is 11.3 Å². The standard InChI is InChI=1S/C29H39N2/c1-4-28(2,23-8-7-9-23)25-11-6-5-10-24(25)26-15-27(30-19-31(26)3)29-16-20-12-21(17-29)14-22(13-20)18-29/h5-6,10-11,15,19-23H,4,7-9,12-14,16-18H2,1-3H3/q+1. The van der Waals surface area contributed by atoms with Crippen molar-refractivity contribution >= 4 is 0 Å². The van der Waals surface area contributed by atoms with Crippen molar-refractivity contribution in [3.63, 3.8) is 0 Å². The van der Waals surface area contributed by atoms with E-state index < -0.39 is 0 Å². The largest absolute Gasteiger partial charge is 0.286 e. The normalized spacial score (nSPS) is 33.8. The molecule has 5 fully saturated rings. The molecule has 2 nitrogen and oxygen atoms in total. The van der Waals surface area contributed by atoms with Crippen molar-refractivity contribution in [2.45, 2.75) is 88.9 Å². The minimum Gasteiger partial charge on any atom is -0.233 e. The van der Waals surface area contributed by atoms with Crippen LogP contribution in [0.5, 0.6) is 0 Å². The Morgan fingerprint density at radius 3 is 2.26 bits per heavy atom. The maximum Gasteiger partial charge on any atom is 0.286 e. The molecule has 2 aromatic rings. The molecule has 0 spiro atoms. The van der Waals surface area contributed by atoms with E-state index in [0.29, 0.717) is 5.41 Å². The number of hydrogen-bond donors (Lipinski definition) is 0. The molecule has 4 bridgehead atoms. The minimum absolute atomic E-state index is 0.270. The van der Waals surface area contributed by atoms with E-state index in [4.69, 9.17) is 4.98 Å². The Bertz CT molecular complexity index is 953. The van der Waals surface area contributed by atoms with E-state index >= 15 is 0 Å². The summed E-state index contributed by atoms with van der Waals surface area (Å²) >= 11 is 0. The molecule has 0 saturated heterocycles. The van der Waals surface area contributed by atoms with Gasteiger partial charge >= 0.3 is 0 Å². The van der Waals surface area contributed by atoms with Crippen LogP contribution in [0.2, 0.25) is 0 Å². The van der Waals surface area contributed by atoms with Gasteiger partial charge in [0.05, 0.1) is 7.05 Å². The molecule has 1 aromatic carbocycles. The molecule has 2 heteroatoms. The van der Waals surface area contributed by atoms with Gasteiger partial charge in [0.2, 0.25) is 0 Å². The van der Waals surface area contributed by atoms with Crippen LogP contribution in [0.15, 0.2) is 36.7 Å². The number of aryl methyl sites for hydroxylation is 1. The predicted molar refractivity (Wildman–Crippen MR) is 126 cm³/mol. The second-order valence-electron chi connectivity index (χ2n) is 11.9. The summed E-state index contributed by atoms with van der Waals surface area (Å²) in [5, 5.41) is 0. The van der Waals surface area contributed by atoms with E-state index in [1.165, 1.54) is 81.2 Å². The molecule has 1 atom stereocenters. The lowest BCUT2D eigenvalue weighted by Gasteiger charge is -2.55. The first kappa shape index (κ1) is 19.9. The Hall–Kier alpha value is -1.70. The molecular formula is C29H39N2+. The van der Waals surface area contributed by atoms with Crippen LogP contribution in [0.1, 0.15) is 89.3 Å². The second kappa shape index (κ2) is 7.15. The molecule has 0 N–H and O–H groups in total. The number of nitrogens with zero attached hydrogens (tertiary/aromatic N) is 2. The Morgan fingerprint density at radius 2 is 1.68 bits per heavy atom. The highest BCUT2D eigenvalue weighted by Crippen LogP contribution is 2.60. The summed E-state index contributed by atoms with van der Waals surface area (Å²) in [6.45, 7) is 4.92. The van der Waals surface area contributed by atoms with E-state index in [2.05, 4.69) is 62.1 Å². The van der Waals surface area contributed by atoms with Crippen LogP contribution in [0.4, 0.5) is 0 Å². The lowest BCUT2D eigenvalue weighted by Crippen LogP contribution is -2.49. The maximum absolute atomic E-state index is 5.09. The highest BCUT2D eigenvalue weighted by molar-refractivity contribution is 5.64. The van der Waals surface area contributed by atoms with E-state index in [9.17, 15) is 0 Å². The molecule has 0 aliphatic heterocycles. The van der Waals surface area contributed by atoms with Crippen LogP contribution in [0.25, 0.3) is 11.3 Å². The van der Waals surface area contributed by atoms with Crippen LogP contribution >= 0.6 is 0 Å². The number of benzene rings is 1. The zero-order chi connectivity index (χ0) is 21.2. The molecular weight excluding hydrogens is 376 g/mol. The fraction of sp³-hybridized carbons (Fsp3) is 0.655. The third kappa shape index (κ3) is 3.04. The molecule has 5 saturated carbocycles. The van der Waals surface area contributed by atoms with Crippen LogP contribution in [0.3, 0.4) is 0 Å². The Balaban J connectivity index is 1.44. The van der Waals surface area contributed by atoms with E-state index in [1.54, 1.807) is 5.56 Å². The maximum atomic E-state index is 5.09. The van der Waals surface area contributed by atoms with Gasteiger partial charge in [-0.1, -0.05) is 49.5 Å². The van der Waals surface area contributed by atoms with Crippen molar-refractivity contribution in [3.05, 3.63) is 47.9 Å². The molecule has 7 rings (SSSR count). The van der Waals surface area contributed by atoms with Gasteiger partial charge in [0, 0.05) is 17.0 Å². The lowest BCUT2D eigenvalue weighted by molar-refractivity contribution is -0.663. The van der Waals surface area contributed by atoms with Gasteiger partial charge in [0.25, 0.3) is 6.33 Å². The van der Waals surface area contributed by atoms with E-state index in [-0.39, 0.29) is 5.41 Å². The number of hydrogen-bond acceptors (Lipinski definition) is 1. The summed E-state index contributed by atoms with van der Waals surface area (Å²) < 4.78 is 2.28. The monoisotopic (exact) mass is 415 g/mol. The quantitative estimate of drug-likeness (QED) is 0.509. The predicted octanol–water partition coefficient (Wildman–Crippen LogP) is 6.51. The van der Waals surface area contributed by atoms with Gasteiger partial charge in [-0.05, 0) is 92.4 Å². The number of rotatable bonds is 5.